The third-order valence-corrected chi connectivity index (χ3v) is 4.40. The monoisotopic (exact) mass is 461 g/mol. The lowest BCUT2D eigenvalue weighted by atomic mass is 9.97. The number of ether oxygens (including phenoxy) is 1. The largest absolute Gasteiger partial charge is 0.508 e. The summed E-state index contributed by atoms with van der Waals surface area (Å²) in [4.78, 5) is 18.1. The number of esters is 1. The molecule has 0 bridgehead atoms. The SMILES string of the molecule is CN=C(NCCCc1ccc(O)cc1)N1CCC(C(=O)OC)CC1.I. The molecule has 1 aromatic carbocycles. The number of phenolic OH excluding ortho intramolecular Hbond substituents is 1. The Morgan fingerprint density at radius 2 is 1.96 bits per heavy atom. The van der Waals surface area contributed by atoms with Crippen molar-refractivity contribution in [3.8, 4) is 5.75 Å². The number of hydrogen-bond donors (Lipinski definition) is 2. The summed E-state index contributed by atoms with van der Waals surface area (Å²) in [6.45, 7) is 2.47. The summed E-state index contributed by atoms with van der Waals surface area (Å²) in [6, 6.07) is 7.32. The van der Waals surface area contributed by atoms with E-state index in [1.807, 2.05) is 12.1 Å². The number of aromatic hydroxyl groups is 1. The minimum absolute atomic E-state index is 0. The Morgan fingerprint density at radius 1 is 1.32 bits per heavy atom. The second-order valence-corrected chi connectivity index (χ2v) is 6.03. The summed E-state index contributed by atoms with van der Waals surface area (Å²) in [6.07, 6.45) is 3.55. The summed E-state index contributed by atoms with van der Waals surface area (Å²) in [5, 5.41) is 12.7. The number of nitrogens with one attached hydrogen (secondary N) is 1. The molecular weight excluding hydrogens is 433 g/mol. The fourth-order valence-electron chi connectivity index (χ4n) is 2.98. The van der Waals surface area contributed by atoms with Crippen LogP contribution in [0.2, 0.25) is 0 Å². The summed E-state index contributed by atoms with van der Waals surface area (Å²) in [5.41, 5.74) is 1.21. The molecule has 0 unspecified atom stereocenters. The van der Waals surface area contributed by atoms with Gasteiger partial charge in [-0.05, 0) is 43.4 Å². The van der Waals surface area contributed by atoms with E-state index >= 15 is 0 Å². The number of carbonyl (C=O) groups excluding carboxylic acids is 1. The smallest absolute Gasteiger partial charge is 0.308 e. The first-order chi connectivity index (χ1) is 11.6. The van der Waals surface area contributed by atoms with Crippen LogP contribution >= 0.6 is 24.0 Å². The molecule has 1 heterocycles. The van der Waals surface area contributed by atoms with Crippen molar-refractivity contribution < 1.29 is 14.6 Å². The maximum Gasteiger partial charge on any atom is 0.308 e. The van der Waals surface area contributed by atoms with Gasteiger partial charge in [-0.2, -0.15) is 0 Å². The van der Waals surface area contributed by atoms with Crippen LogP contribution in [-0.2, 0) is 16.0 Å². The third kappa shape index (κ3) is 6.72. The van der Waals surface area contributed by atoms with E-state index in [2.05, 4.69) is 15.2 Å². The number of aryl methyl sites for hydroxylation is 1. The molecular formula is C18H28IN3O3. The highest BCUT2D eigenvalue weighted by molar-refractivity contribution is 14.0. The Bertz CT molecular complexity index is 555. The normalized spacial score (nSPS) is 15.4. The Labute approximate surface area is 166 Å². The number of halogens is 1. The number of guanidine groups is 1. The van der Waals surface area contributed by atoms with Crippen LogP contribution in [0.15, 0.2) is 29.3 Å². The zero-order valence-electron chi connectivity index (χ0n) is 14.9. The number of likely N-dealkylation sites (tertiary alicyclic amines) is 1. The molecule has 6 nitrogen and oxygen atoms in total. The number of aliphatic imine (C=N–C) groups is 1. The maximum atomic E-state index is 11.6. The summed E-state index contributed by atoms with van der Waals surface area (Å²) in [5.74, 6) is 1.10. The van der Waals surface area contributed by atoms with E-state index in [1.54, 1.807) is 19.2 Å². The van der Waals surface area contributed by atoms with Crippen LogP contribution < -0.4 is 5.32 Å². The van der Waals surface area contributed by atoms with Gasteiger partial charge in [0.25, 0.3) is 0 Å². The second-order valence-electron chi connectivity index (χ2n) is 6.03. The molecule has 0 spiro atoms. The maximum absolute atomic E-state index is 11.6. The molecule has 1 fully saturated rings. The minimum atomic E-state index is -0.105. The summed E-state index contributed by atoms with van der Waals surface area (Å²) >= 11 is 0. The van der Waals surface area contributed by atoms with E-state index in [4.69, 9.17) is 4.74 Å². The van der Waals surface area contributed by atoms with Gasteiger partial charge in [0.15, 0.2) is 5.96 Å². The van der Waals surface area contributed by atoms with Crippen molar-refractivity contribution in [2.45, 2.75) is 25.7 Å². The van der Waals surface area contributed by atoms with Crippen LogP contribution in [0, 0.1) is 5.92 Å². The molecule has 0 aliphatic carbocycles. The first-order valence-corrected chi connectivity index (χ1v) is 8.45. The van der Waals surface area contributed by atoms with Gasteiger partial charge in [-0.1, -0.05) is 12.1 Å². The topological polar surface area (TPSA) is 74.2 Å². The first kappa shape index (κ1) is 21.5. The molecule has 1 saturated heterocycles. The van der Waals surface area contributed by atoms with Crippen molar-refractivity contribution in [2.75, 3.05) is 33.8 Å². The second kappa shape index (κ2) is 11.2. The summed E-state index contributed by atoms with van der Waals surface area (Å²) in [7, 11) is 3.23. The number of benzene rings is 1. The van der Waals surface area contributed by atoms with Gasteiger partial charge in [-0.25, -0.2) is 0 Å². The molecule has 0 atom stereocenters. The van der Waals surface area contributed by atoms with Gasteiger partial charge >= 0.3 is 5.97 Å². The van der Waals surface area contributed by atoms with E-state index in [9.17, 15) is 9.90 Å². The molecule has 7 heteroatoms. The molecule has 1 aliphatic heterocycles. The highest BCUT2D eigenvalue weighted by atomic mass is 127. The number of methoxy groups -OCH3 is 1. The Hall–Kier alpha value is -1.51. The zero-order chi connectivity index (χ0) is 17.4. The van der Waals surface area contributed by atoms with Crippen molar-refractivity contribution in [1.82, 2.24) is 10.2 Å². The van der Waals surface area contributed by atoms with Crippen LogP contribution in [0.4, 0.5) is 0 Å². The number of hydrogen-bond acceptors (Lipinski definition) is 4. The van der Waals surface area contributed by atoms with Gasteiger partial charge in [0.1, 0.15) is 5.75 Å². The van der Waals surface area contributed by atoms with Gasteiger partial charge < -0.3 is 20.1 Å². The highest BCUT2D eigenvalue weighted by Gasteiger charge is 2.26. The number of carbonyl (C=O) groups is 1. The van der Waals surface area contributed by atoms with Gasteiger partial charge in [-0.3, -0.25) is 9.79 Å². The average Bonchev–Trinajstić information content (AvgIpc) is 2.63. The molecule has 0 amide bonds. The number of phenols is 1. The minimum Gasteiger partial charge on any atom is -0.508 e. The van der Waals surface area contributed by atoms with Crippen LogP contribution in [0.5, 0.6) is 5.75 Å². The van der Waals surface area contributed by atoms with Crippen molar-refractivity contribution in [2.24, 2.45) is 10.9 Å². The molecule has 1 aromatic rings. The van der Waals surface area contributed by atoms with E-state index in [0.29, 0.717) is 5.75 Å². The van der Waals surface area contributed by atoms with Crippen molar-refractivity contribution in [3.05, 3.63) is 29.8 Å². The number of rotatable bonds is 5. The molecule has 25 heavy (non-hydrogen) atoms. The molecule has 2 rings (SSSR count). The van der Waals surface area contributed by atoms with Crippen molar-refractivity contribution in [1.29, 1.82) is 0 Å². The molecule has 0 aromatic heterocycles. The van der Waals surface area contributed by atoms with Crippen LogP contribution in [0.3, 0.4) is 0 Å². The molecule has 0 saturated carbocycles. The molecule has 140 valence electrons. The lowest BCUT2D eigenvalue weighted by Crippen LogP contribution is -2.46. The zero-order valence-corrected chi connectivity index (χ0v) is 17.2. The van der Waals surface area contributed by atoms with Gasteiger partial charge in [-0.15, -0.1) is 24.0 Å². The Morgan fingerprint density at radius 3 is 2.52 bits per heavy atom. The average molecular weight is 461 g/mol. The molecule has 1 aliphatic rings. The standard InChI is InChI=1S/C18H27N3O3.HI/c1-19-18(21-12-9-15(10-13-21)17(23)24-2)20-11-3-4-14-5-7-16(22)8-6-14;/h5-8,15,22H,3-4,9-13H2,1-2H3,(H,19,20);1H. The molecule has 2 N–H and O–H groups in total. The van der Waals surface area contributed by atoms with Gasteiger partial charge in [0, 0.05) is 26.7 Å². The third-order valence-electron chi connectivity index (χ3n) is 4.40. The van der Waals surface area contributed by atoms with Crippen molar-refractivity contribution >= 4 is 35.9 Å². The predicted molar refractivity (Wildman–Crippen MR) is 110 cm³/mol. The van der Waals surface area contributed by atoms with E-state index in [-0.39, 0.29) is 35.9 Å². The van der Waals surface area contributed by atoms with Crippen LogP contribution in [-0.4, -0.2) is 55.7 Å². The lowest BCUT2D eigenvalue weighted by Gasteiger charge is -2.33. The lowest BCUT2D eigenvalue weighted by molar-refractivity contribution is -0.146. The fraction of sp³-hybridized carbons (Fsp3) is 0.556. The van der Waals surface area contributed by atoms with Gasteiger partial charge in [0.05, 0.1) is 13.0 Å². The van der Waals surface area contributed by atoms with E-state index in [0.717, 1.165) is 51.3 Å². The van der Waals surface area contributed by atoms with E-state index < -0.39 is 0 Å². The predicted octanol–water partition coefficient (Wildman–Crippen LogP) is 2.40. The van der Waals surface area contributed by atoms with Crippen LogP contribution in [0.1, 0.15) is 24.8 Å². The number of nitrogens with zero attached hydrogens (tertiary/aromatic N) is 2. The van der Waals surface area contributed by atoms with Crippen molar-refractivity contribution in [3.63, 3.8) is 0 Å². The highest BCUT2D eigenvalue weighted by Crippen LogP contribution is 2.18. The van der Waals surface area contributed by atoms with E-state index in [1.165, 1.54) is 12.7 Å². The Kier molecular flexibility index (Phi) is 9.62. The number of piperidine rings is 1. The Balaban J connectivity index is 0.00000312. The fourth-order valence-corrected chi connectivity index (χ4v) is 2.98. The van der Waals surface area contributed by atoms with Crippen LogP contribution in [0.25, 0.3) is 0 Å². The summed E-state index contributed by atoms with van der Waals surface area (Å²) < 4.78 is 4.82. The quantitative estimate of drug-likeness (QED) is 0.232. The van der Waals surface area contributed by atoms with Gasteiger partial charge in [0.2, 0.25) is 0 Å². The molecule has 0 radical (unpaired) electrons. The first-order valence-electron chi connectivity index (χ1n) is 8.45.